The summed E-state index contributed by atoms with van der Waals surface area (Å²) in [6.07, 6.45) is -3.69. The van der Waals surface area contributed by atoms with Crippen LogP contribution in [0.4, 0.5) is 18.9 Å². The zero-order chi connectivity index (χ0) is 12.2. The Balaban J connectivity index is 3.10. The summed E-state index contributed by atoms with van der Waals surface area (Å²) >= 11 is 0. The second kappa shape index (κ2) is 4.59. The number of carbonyl (C=O) groups is 1. The van der Waals surface area contributed by atoms with Gasteiger partial charge in [0.15, 0.2) is 0 Å². The number of carbonyl (C=O) groups excluding carboxylic acids is 2. The fourth-order valence-electron chi connectivity index (χ4n) is 1.03. The van der Waals surface area contributed by atoms with E-state index in [2.05, 4.69) is 4.99 Å². The quantitative estimate of drug-likeness (QED) is 0.480. The van der Waals surface area contributed by atoms with Gasteiger partial charge >= 0.3 is 6.30 Å². The van der Waals surface area contributed by atoms with Gasteiger partial charge in [-0.2, -0.15) is 13.2 Å². The van der Waals surface area contributed by atoms with E-state index in [1.54, 1.807) is 0 Å². The molecule has 0 saturated carbocycles. The number of benzene rings is 1. The molecule has 0 radical (unpaired) electrons. The van der Waals surface area contributed by atoms with Crippen LogP contribution in [0.3, 0.4) is 0 Å². The van der Waals surface area contributed by atoms with Crippen LogP contribution in [0.2, 0.25) is 0 Å². The molecule has 0 bridgehead atoms. The molecule has 4 nitrogen and oxygen atoms in total. The predicted octanol–water partition coefficient (Wildman–Crippen LogP) is 2.09. The summed E-state index contributed by atoms with van der Waals surface area (Å²) in [7, 11) is 0. The highest BCUT2D eigenvalue weighted by atomic mass is 19.4. The average molecular weight is 230 g/mol. The zero-order valence-corrected chi connectivity index (χ0v) is 7.71. The van der Waals surface area contributed by atoms with Crippen molar-refractivity contribution in [1.29, 1.82) is 0 Å². The van der Waals surface area contributed by atoms with Crippen LogP contribution in [0, 0.1) is 0 Å². The van der Waals surface area contributed by atoms with E-state index < -0.39 is 17.9 Å². The maximum absolute atomic E-state index is 12.0. The molecule has 0 aliphatic carbocycles. The van der Waals surface area contributed by atoms with E-state index in [-0.39, 0.29) is 5.56 Å². The Bertz CT molecular complexity index is 450. The highest BCUT2D eigenvalue weighted by molar-refractivity contribution is 6.02. The van der Waals surface area contributed by atoms with Gasteiger partial charge in [0.25, 0.3) is 5.91 Å². The fourth-order valence-corrected chi connectivity index (χ4v) is 1.03. The second-order valence-electron chi connectivity index (χ2n) is 2.68. The summed E-state index contributed by atoms with van der Waals surface area (Å²) in [5.41, 5.74) is -0.804. The minimum Gasteiger partial charge on any atom is -0.297 e. The molecule has 0 fully saturated rings. The Morgan fingerprint density at radius 2 is 1.94 bits per heavy atom. The van der Waals surface area contributed by atoms with E-state index in [4.69, 9.17) is 0 Å². The van der Waals surface area contributed by atoms with E-state index in [1.807, 2.05) is 0 Å². The van der Waals surface area contributed by atoms with Crippen molar-refractivity contribution in [2.24, 2.45) is 4.99 Å². The number of nitrogens with zero attached hydrogens (tertiary/aromatic N) is 1. The summed E-state index contributed by atoms with van der Waals surface area (Å²) < 4.78 is 36.1. The molecule has 1 aromatic rings. The van der Waals surface area contributed by atoms with Crippen LogP contribution in [-0.2, 0) is 4.79 Å². The van der Waals surface area contributed by atoms with E-state index >= 15 is 0 Å². The molecular formula is C9H5F3N2O2. The highest BCUT2D eigenvalue weighted by Crippen LogP contribution is 2.23. The first kappa shape index (κ1) is 11.9. The number of isocyanates is 1. The molecular weight excluding hydrogens is 225 g/mol. The van der Waals surface area contributed by atoms with Crippen molar-refractivity contribution in [3.63, 3.8) is 0 Å². The largest absolute Gasteiger partial charge is 0.482 e. The van der Waals surface area contributed by atoms with Gasteiger partial charge in [-0.1, -0.05) is 12.1 Å². The SMILES string of the molecule is O=C=NC(=O)c1ccccc1NC(F)(F)F. The molecule has 84 valence electrons. The highest BCUT2D eigenvalue weighted by Gasteiger charge is 2.28. The van der Waals surface area contributed by atoms with Gasteiger partial charge in [-0.3, -0.25) is 10.1 Å². The number of aliphatic imine (C=N–C) groups is 1. The maximum atomic E-state index is 12.0. The van der Waals surface area contributed by atoms with Crippen LogP contribution in [0.15, 0.2) is 29.3 Å². The second-order valence-corrected chi connectivity index (χ2v) is 2.68. The Morgan fingerprint density at radius 1 is 1.31 bits per heavy atom. The van der Waals surface area contributed by atoms with E-state index in [1.165, 1.54) is 17.4 Å². The lowest BCUT2D eigenvalue weighted by molar-refractivity contribution is -0.0999. The van der Waals surface area contributed by atoms with Gasteiger partial charge in [0, 0.05) is 0 Å². The number of halogens is 3. The maximum Gasteiger partial charge on any atom is 0.482 e. The molecule has 0 spiro atoms. The number of rotatable bonds is 2. The summed E-state index contributed by atoms with van der Waals surface area (Å²) in [6, 6.07) is 4.85. The van der Waals surface area contributed by atoms with Crippen molar-refractivity contribution in [2.45, 2.75) is 6.30 Å². The van der Waals surface area contributed by atoms with Crippen LogP contribution in [0.25, 0.3) is 0 Å². The minimum atomic E-state index is -4.67. The van der Waals surface area contributed by atoms with E-state index in [0.29, 0.717) is 0 Å². The van der Waals surface area contributed by atoms with Crippen LogP contribution in [0.5, 0.6) is 0 Å². The number of hydrogen-bond acceptors (Lipinski definition) is 3. The Labute approximate surface area is 87.8 Å². The predicted molar refractivity (Wildman–Crippen MR) is 48.6 cm³/mol. The van der Waals surface area contributed by atoms with Crippen molar-refractivity contribution in [3.05, 3.63) is 29.8 Å². The molecule has 1 aromatic carbocycles. The number of para-hydroxylation sites is 1. The topological polar surface area (TPSA) is 58.5 Å². The van der Waals surface area contributed by atoms with E-state index in [9.17, 15) is 22.8 Å². The molecule has 16 heavy (non-hydrogen) atoms. The number of alkyl halides is 3. The van der Waals surface area contributed by atoms with Crippen LogP contribution >= 0.6 is 0 Å². The van der Waals surface area contributed by atoms with Crippen molar-refractivity contribution in [3.8, 4) is 0 Å². The molecule has 0 aromatic heterocycles. The van der Waals surface area contributed by atoms with Gasteiger partial charge in [-0.05, 0) is 12.1 Å². The Morgan fingerprint density at radius 3 is 2.50 bits per heavy atom. The molecule has 1 N–H and O–H groups in total. The van der Waals surface area contributed by atoms with Crippen LogP contribution < -0.4 is 5.32 Å². The first-order chi connectivity index (χ1) is 7.44. The number of hydrogen-bond donors (Lipinski definition) is 1. The molecule has 1 amide bonds. The summed E-state index contributed by atoms with van der Waals surface area (Å²) in [4.78, 5) is 23.7. The van der Waals surface area contributed by atoms with Crippen LogP contribution in [0.1, 0.15) is 10.4 Å². The normalized spacial score (nSPS) is 10.4. The van der Waals surface area contributed by atoms with Gasteiger partial charge in [-0.25, -0.2) is 4.79 Å². The first-order valence-corrected chi connectivity index (χ1v) is 4.00. The lowest BCUT2D eigenvalue weighted by atomic mass is 10.1. The van der Waals surface area contributed by atoms with Gasteiger partial charge < -0.3 is 0 Å². The number of amides is 1. The fraction of sp³-hybridized carbons (Fsp3) is 0.111. The smallest absolute Gasteiger partial charge is 0.297 e. The average Bonchev–Trinajstić information content (AvgIpc) is 2.16. The van der Waals surface area contributed by atoms with Crippen molar-refractivity contribution in [2.75, 3.05) is 5.32 Å². The molecule has 0 aliphatic heterocycles. The van der Waals surface area contributed by atoms with Gasteiger partial charge in [-0.15, -0.1) is 4.99 Å². The Kier molecular flexibility index (Phi) is 3.42. The standard InChI is InChI=1S/C9H5F3N2O2/c10-9(11,12)14-7-4-2-1-3-6(7)8(16)13-5-15/h1-4,14H. The van der Waals surface area contributed by atoms with Crippen molar-refractivity contribution in [1.82, 2.24) is 0 Å². The van der Waals surface area contributed by atoms with Crippen molar-refractivity contribution < 1.29 is 22.8 Å². The molecule has 0 saturated heterocycles. The zero-order valence-electron chi connectivity index (χ0n) is 7.71. The third-order valence-electron chi connectivity index (χ3n) is 1.58. The molecule has 0 atom stereocenters. The minimum absolute atomic E-state index is 0.344. The van der Waals surface area contributed by atoms with E-state index in [0.717, 1.165) is 18.2 Å². The van der Waals surface area contributed by atoms with Gasteiger partial charge in [0.05, 0.1) is 11.3 Å². The van der Waals surface area contributed by atoms with Crippen LogP contribution in [-0.4, -0.2) is 18.3 Å². The van der Waals surface area contributed by atoms with Gasteiger partial charge in [0.2, 0.25) is 6.08 Å². The monoisotopic (exact) mass is 230 g/mol. The molecule has 7 heteroatoms. The number of anilines is 1. The molecule has 0 unspecified atom stereocenters. The lowest BCUT2D eigenvalue weighted by Gasteiger charge is -2.11. The van der Waals surface area contributed by atoms with Gasteiger partial charge in [0.1, 0.15) is 0 Å². The summed E-state index contributed by atoms with van der Waals surface area (Å²) in [5, 5.41) is 1.18. The summed E-state index contributed by atoms with van der Waals surface area (Å²) in [5.74, 6) is -1.08. The molecule has 0 aliphatic rings. The number of nitrogens with one attached hydrogen (secondary N) is 1. The molecule has 0 heterocycles. The lowest BCUT2D eigenvalue weighted by Crippen LogP contribution is -2.22. The first-order valence-electron chi connectivity index (χ1n) is 4.00. The third-order valence-corrected chi connectivity index (χ3v) is 1.58. The van der Waals surface area contributed by atoms with Crippen molar-refractivity contribution >= 4 is 17.7 Å². The Hall–Kier alpha value is -2.14. The third kappa shape index (κ3) is 3.21. The summed E-state index contributed by atoms with van der Waals surface area (Å²) in [6.45, 7) is 0. The molecule has 1 rings (SSSR count).